The number of likely N-dealkylation sites (tertiary alicyclic amines) is 1. The molecule has 0 spiro atoms. The van der Waals surface area contributed by atoms with E-state index in [9.17, 15) is 9.59 Å². The lowest BCUT2D eigenvalue weighted by atomic mass is 9.93. The molecule has 0 unspecified atom stereocenters. The lowest BCUT2D eigenvalue weighted by Gasteiger charge is -2.32. The summed E-state index contributed by atoms with van der Waals surface area (Å²) >= 11 is 1.33. The minimum atomic E-state index is -0.174. The maximum absolute atomic E-state index is 12.2. The van der Waals surface area contributed by atoms with E-state index in [2.05, 4.69) is 15.8 Å². The molecule has 1 aliphatic heterocycles. The second-order valence-corrected chi connectivity index (χ2v) is 7.07. The number of aryl methyl sites for hydroxylation is 1. The van der Waals surface area contributed by atoms with E-state index in [1.165, 1.54) is 18.2 Å². The molecule has 1 aliphatic rings. The average Bonchev–Trinajstić information content (AvgIpc) is 2.98. The van der Waals surface area contributed by atoms with E-state index in [0.29, 0.717) is 23.2 Å². The normalized spacial score (nSPS) is 15.5. The molecular weight excluding hydrogens is 328 g/mol. The number of aromatic nitrogens is 1. The predicted molar refractivity (Wildman–Crippen MR) is 95.0 cm³/mol. The number of hydrogen-bond acceptors (Lipinski definition) is 6. The number of thioether (sulfide) groups is 1. The van der Waals surface area contributed by atoms with Crippen molar-refractivity contribution in [3.05, 3.63) is 11.8 Å². The number of carbonyl (C=O) groups excluding carboxylic acids is 2. The van der Waals surface area contributed by atoms with E-state index < -0.39 is 0 Å². The Morgan fingerprint density at radius 2 is 2.12 bits per heavy atom. The van der Waals surface area contributed by atoms with Gasteiger partial charge in [-0.2, -0.15) is 0 Å². The van der Waals surface area contributed by atoms with Gasteiger partial charge in [0.25, 0.3) is 0 Å². The molecule has 0 radical (unpaired) electrons. The summed E-state index contributed by atoms with van der Waals surface area (Å²) in [6.07, 6.45) is 3.32. The smallest absolute Gasteiger partial charge is 0.235 e. The summed E-state index contributed by atoms with van der Waals surface area (Å²) in [6, 6.07) is 1.66. The summed E-state index contributed by atoms with van der Waals surface area (Å²) in [7, 11) is 1.97. The van der Waals surface area contributed by atoms with Crippen LogP contribution in [0.4, 0.5) is 5.82 Å². The minimum absolute atomic E-state index is 0.122. The Labute approximate surface area is 146 Å². The van der Waals surface area contributed by atoms with Crippen LogP contribution in [0, 0.1) is 12.8 Å². The monoisotopic (exact) mass is 354 g/mol. The molecular formula is C16H26N4O3S. The molecule has 24 heavy (non-hydrogen) atoms. The van der Waals surface area contributed by atoms with Crippen molar-refractivity contribution in [1.29, 1.82) is 0 Å². The molecule has 8 heteroatoms. The van der Waals surface area contributed by atoms with E-state index >= 15 is 0 Å². The minimum Gasteiger partial charge on any atom is -0.360 e. The summed E-state index contributed by atoms with van der Waals surface area (Å²) in [4.78, 5) is 25.9. The first-order valence-electron chi connectivity index (χ1n) is 8.31. The Balaban J connectivity index is 1.60. The second kappa shape index (κ2) is 9.68. The van der Waals surface area contributed by atoms with Crippen LogP contribution in [-0.4, -0.2) is 60.1 Å². The van der Waals surface area contributed by atoms with Gasteiger partial charge in [-0.3, -0.25) is 9.59 Å². The number of piperidine rings is 1. The third-order valence-corrected chi connectivity index (χ3v) is 5.04. The summed E-state index contributed by atoms with van der Waals surface area (Å²) in [5.41, 5.74) is 0. The van der Waals surface area contributed by atoms with Crippen LogP contribution in [0.15, 0.2) is 10.6 Å². The molecule has 0 aliphatic carbocycles. The standard InChI is InChI=1S/C16H26N4O3S/c1-12-9-14(19-23-12)18-15(21)10-24-11-16(22)20-7-4-13(5-8-20)3-6-17-2/h9,13,17H,3-8,10-11H2,1-2H3,(H,18,19,21). The third-order valence-electron chi connectivity index (χ3n) is 4.12. The fourth-order valence-corrected chi connectivity index (χ4v) is 3.46. The van der Waals surface area contributed by atoms with E-state index in [4.69, 9.17) is 4.52 Å². The van der Waals surface area contributed by atoms with Crippen LogP contribution in [-0.2, 0) is 9.59 Å². The molecule has 2 amide bonds. The molecule has 1 aromatic heterocycles. The van der Waals surface area contributed by atoms with Crippen LogP contribution in [0.1, 0.15) is 25.0 Å². The lowest BCUT2D eigenvalue weighted by Crippen LogP contribution is -2.40. The molecule has 1 fully saturated rings. The van der Waals surface area contributed by atoms with Crippen molar-refractivity contribution >= 4 is 29.4 Å². The molecule has 0 atom stereocenters. The highest BCUT2D eigenvalue weighted by Crippen LogP contribution is 2.20. The quantitative estimate of drug-likeness (QED) is 0.736. The Kier molecular flexibility index (Phi) is 7.58. The zero-order chi connectivity index (χ0) is 17.4. The molecule has 134 valence electrons. The van der Waals surface area contributed by atoms with E-state index in [1.54, 1.807) is 13.0 Å². The zero-order valence-electron chi connectivity index (χ0n) is 14.3. The van der Waals surface area contributed by atoms with Crippen molar-refractivity contribution in [2.24, 2.45) is 5.92 Å². The number of anilines is 1. The van der Waals surface area contributed by atoms with Gasteiger partial charge in [0, 0.05) is 19.2 Å². The number of nitrogens with zero attached hydrogens (tertiary/aromatic N) is 2. The first-order chi connectivity index (χ1) is 11.6. The molecule has 2 heterocycles. The predicted octanol–water partition coefficient (Wildman–Crippen LogP) is 1.50. The van der Waals surface area contributed by atoms with Gasteiger partial charge < -0.3 is 20.1 Å². The van der Waals surface area contributed by atoms with Crippen LogP contribution < -0.4 is 10.6 Å². The number of amides is 2. The number of carbonyl (C=O) groups is 2. The second-order valence-electron chi connectivity index (χ2n) is 6.08. The van der Waals surface area contributed by atoms with Gasteiger partial charge in [-0.05, 0) is 45.7 Å². The van der Waals surface area contributed by atoms with Crippen molar-refractivity contribution in [2.75, 3.05) is 43.5 Å². The summed E-state index contributed by atoms with van der Waals surface area (Å²) < 4.78 is 4.88. The fourth-order valence-electron chi connectivity index (χ4n) is 2.75. The first-order valence-corrected chi connectivity index (χ1v) is 9.47. The van der Waals surface area contributed by atoms with Gasteiger partial charge in [0.05, 0.1) is 11.5 Å². The third kappa shape index (κ3) is 6.16. The van der Waals surface area contributed by atoms with Crippen molar-refractivity contribution in [3.8, 4) is 0 Å². The molecule has 2 rings (SSSR count). The lowest BCUT2D eigenvalue weighted by molar-refractivity contribution is -0.129. The van der Waals surface area contributed by atoms with Crippen LogP contribution in [0.3, 0.4) is 0 Å². The van der Waals surface area contributed by atoms with E-state index in [-0.39, 0.29) is 17.6 Å². The van der Waals surface area contributed by atoms with Crippen molar-refractivity contribution < 1.29 is 14.1 Å². The number of hydrogen-bond donors (Lipinski definition) is 2. The first kappa shape index (κ1) is 18.8. The van der Waals surface area contributed by atoms with Gasteiger partial charge in [-0.15, -0.1) is 11.8 Å². The average molecular weight is 354 g/mol. The summed E-state index contributed by atoms with van der Waals surface area (Å²) in [5, 5.41) is 9.52. The maximum atomic E-state index is 12.2. The van der Waals surface area contributed by atoms with Crippen LogP contribution in [0.5, 0.6) is 0 Å². The van der Waals surface area contributed by atoms with Gasteiger partial charge in [0.2, 0.25) is 11.8 Å². The summed E-state index contributed by atoms with van der Waals surface area (Å²) in [5.74, 6) is 2.29. The Bertz CT molecular complexity index is 541. The van der Waals surface area contributed by atoms with Gasteiger partial charge in [-0.25, -0.2) is 0 Å². The van der Waals surface area contributed by atoms with Gasteiger partial charge in [0.1, 0.15) is 5.76 Å². The Morgan fingerprint density at radius 1 is 1.38 bits per heavy atom. The van der Waals surface area contributed by atoms with E-state index in [1.807, 2.05) is 11.9 Å². The Hall–Kier alpha value is -1.54. The maximum Gasteiger partial charge on any atom is 0.235 e. The highest BCUT2D eigenvalue weighted by atomic mass is 32.2. The molecule has 0 bridgehead atoms. The van der Waals surface area contributed by atoms with Crippen molar-refractivity contribution in [3.63, 3.8) is 0 Å². The topological polar surface area (TPSA) is 87.5 Å². The van der Waals surface area contributed by atoms with Crippen LogP contribution in [0.2, 0.25) is 0 Å². The van der Waals surface area contributed by atoms with E-state index in [0.717, 1.165) is 32.5 Å². The number of rotatable bonds is 8. The summed E-state index contributed by atoms with van der Waals surface area (Å²) in [6.45, 7) is 4.46. The molecule has 1 aromatic rings. The zero-order valence-corrected chi connectivity index (χ0v) is 15.2. The molecule has 0 aromatic carbocycles. The molecule has 7 nitrogen and oxygen atoms in total. The largest absolute Gasteiger partial charge is 0.360 e. The molecule has 2 N–H and O–H groups in total. The van der Waals surface area contributed by atoms with Gasteiger partial charge >= 0.3 is 0 Å². The van der Waals surface area contributed by atoms with Gasteiger partial charge in [0.15, 0.2) is 5.82 Å². The molecule has 1 saturated heterocycles. The van der Waals surface area contributed by atoms with Gasteiger partial charge in [-0.1, -0.05) is 5.16 Å². The Morgan fingerprint density at radius 3 is 2.75 bits per heavy atom. The highest BCUT2D eigenvalue weighted by Gasteiger charge is 2.22. The van der Waals surface area contributed by atoms with Crippen LogP contribution in [0.25, 0.3) is 0 Å². The SMILES string of the molecule is CNCCC1CCN(C(=O)CSCC(=O)Nc2cc(C)on2)CC1. The highest BCUT2D eigenvalue weighted by molar-refractivity contribution is 8.00. The van der Waals surface area contributed by atoms with Crippen molar-refractivity contribution in [2.45, 2.75) is 26.2 Å². The fraction of sp³-hybridized carbons (Fsp3) is 0.688. The van der Waals surface area contributed by atoms with Crippen molar-refractivity contribution in [1.82, 2.24) is 15.4 Å². The van der Waals surface area contributed by atoms with Crippen LogP contribution >= 0.6 is 11.8 Å². The molecule has 0 saturated carbocycles. The number of nitrogens with one attached hydrogen (secondary N) is 2.